The highest BCUT2D eigenvalue weighted by Crippen LogP contribution is 2.28. The van der Waals surface area contributed by atoms with E-state index in [1.165, 1.54) is 7.11 Å². The van der Waals surface area contributed by atoms with E-state index in [-0.39, 0.29) is 5.91 Å². The van der Waals surface area contributed by atoms with Crippen molar-refractivity contribution in [2.24, 2.45) is 5.10 Å². The van der Waals surface area contributed by atoms with Gasteiger partial charge in [-0.2, -0.15) is 5.10 Å². The molecular weight excluding hydrogens is 525 g/mol. The van der Waals surface area contributed by atoms with Crippen LogP contribution in [0.3, 0.4) is 0 Å². The van der Waals surface area contributed by atoms with Crippen molar-refractivity contribution in [2.45, 2.75) is 13.5 Å². The van der Waals surface area contributed by atoms with Crippen molar-refractivity contribution in [3.8, 4) is 5.75 Å². The molecule has 1 amide bonds. The van der Waals surface area contributed by atoms with Crippen LogP contribution in [0.2, 0.25) is 10.0 Å². The van der Waals surface area contributed by atoms with Crippen LogP contribution in [-0.4, -0.2) is 23.8 Å². The van der Waals surface area contributed by atoms with Gasteiger partial charge in [-0.3, -0.25) is 4.79 Å². The van der Waals surface area contributed by atoms with Crippen LogP contribution < -0.4 is 10.2 Å². The van der Waals surface area contributed by atoms with Crippen molar-refractivity contribution in [1.82, 2.24) is 9.99 Å². The molecular formula is C25H20BrCl2N3O2. The van der Waals surface area contributed by atoms with Crippen LogP contribution in [0.25, 0.3) is 10.9 Å². The van der Waals surface area contributed by atoms with Crippen molar-refractivity contribution < 1.29 is 9.53 Å². The summed E-state index contributed by atoms with van der Waals surface area (Å²) in [7, 11) is 1.52. The van der Waals surface area contributed by atoms with E-state index in [2.05, 4.69) is 37.1 Å². The summed E-state index contributed by atoms with van der Waals surface area (Å²) >= 11 is 15.8. The van der Waals surface area contributed by atoms with Crippen molar-refractivity contribution >= 4 is 62.2 Å². The monoisotopic (exact) mass is 543 g/mol. The average molecular weight is 545 g/mol. The Bertz CT molecular complexity index is 1380. The summed E-state index contributed by atoms with van der Waals surface area (Å²) in [6.45, 7) is 2.60. The molecule has 4 aromatic rings. The normalized spacial score (nSPS) is 11.3. The smallest absolute Gasteiger partial charge is 0.275 e. The zero-order chi connectivity index (χ0) is 23.5. The van der Waals surface area contributed by atoms with Crippen LogP contribution in [0, 0.1) is 6.92 Å². The lowest BCUT2D eigenvalue weighted by Crippen LogP contribution is -2.18. The number of para-hydroxylation sites is 1. The minimum Gasteiger partial charge on any atom is -0.496 e. The number of rotatable bonds is 6. The molecule has 0 aliphatic carbocycles. The Hall–Kier alpha value is -2.80. The average Bonchev–Trinajstić information content (AvgIpc) is 3.06. The highest BCUT2D eigenvalue weighted by Gasteiger charge is 2.15. The second kappa shape index (κ2) is 10.00. The van der Waals surface area contributed by atoms with Gasteiger partial charge in [-0.15, -0.1) is 0 Å². The fourth-order valence-corrected chi connectivity index (χ4v) is 4.55. The number of hydrogen-bond donors (Lipinski definition) is 1. The molecule has 0 saturated carbocycles. The molecule has 3 aromatic carbocycles. The summed E-state index contributed by atoms with van der Waals surface area (Å²) in [4.78, 5) is 12.7. The molecule has 0 radical (unpaired) electrons. The molecule has 4 rings (SSSR count). The lowest BCUT2D eigenvalue weighted by atomic mass is 10.1. The summed E-state index contributed by atoms with van der Waals surface area (Å²) in [5, 5.41) is 6.47. The number of nitrogens with zero attached hydrogens (tertiary/aromatic N) is 2. The SMILES string of the molecule is COc1ccc(Br)cc1C(=O)N/N=C\c1c(C)n(Cc2ccc(Cl)cc2Cl)c2ccccc12. The number of fused-ring (bicyclic) bond motifs is 1. The van der Waals surface area contributed by atoms with E-state index in [1.54, 1.807) is 24.4 Å². The molecule has 0 atom stereocenters. The number of amides is 1. The minimum absolute atomic E-state index is 0.362. The van der Waals surface area contributed by atoms with Crippen LogP contribution in [0.15, 0.2) is 70.2 Å². The summed E-state index contributed by atoms with van der Waals surface area (Å²) in [6, 6.07) is 18.8. The van der Waals surface area contributed by atoms with Gasteiger partial charge in [0.1, 0.15) is 5.75 Å². The summed E-state index contributed by atoms with van der Waals surface area (Å²) in [5.74, 6) is 0.109. The van der Waals surface area contributed by atoms with Gasteiger partial charge in [0.2, 0.25) is 0 Å². The van der Waals surface area contributed by atoms with Gasteiger partial charge in [0.15, 0.2) is 0 Å². The molecule has 1 heterocycles. The van der Waals surface area contributed by atoms with Crippen molar-refractivity contribution in [3.63, 3.8) is 0 Å². The zero-order valence-corrected chi connectivity index (χ0v) is 21.0. The Morgan fingerprint density at radius 3 is 2.70 bits per heavy atom. The third-order valence-electron chi connectivity index (χ3n) is 5.39. The van der Waals surface area contributed by atoms with Gasteiger partial charge in [-0.05, 0) is 48.9 Å². The topological polar surface area (TPSA) is 55.6 Å². The predicted molar refractivity (Wildman–Crippen MR) is 138 cm³/mol. The number of benzene rings is 3. The van der Waals surface area contributed by atoms with E-state index in [0.29, 0.717) is 27.9 Å². The Morgan fingerprint density at radius 1 is 1.15 bits per heavy atom. The van der Waals surface area contributed by atoms with Crippen LogP contribution in [0.1, 0.15) is 27.2 Å². The third kappa shape index (κ3) is 4.93. The van der Waals surface area contributed by atoms with Gasteiger partial charge in [0.05, 0.1) is 18.9 Å². The molecule has 1 N–H and O–H groups in total. The molecule has 0 unspecified atom stereocenters. The number of carbonyl (C=O) groups excluding carboxylic acids is 1. The molecule has 0 bridgehead atoms. The standard InChI is InChI=1S/C25H20BrCl2N3O2/c1-15-21(13-29-30-25(32)20-11-17(26)8-10-24(20)33-2)19-5-3-4-6-23(19)31(15)14-16-7-9-18(27)12-22(16)28/h3-13H,14H2,1-2H3,(H,30,32)/b29-13-. The number of hydrogen-bond acceptors (Lipinski definition) is 3. The second-order valence-corrected chi connectivity index (χ2v) is 9.14. The Balaban J connectivity index is 1.65. The fourth-order valence-electron chi connectivity index (χ4n) is 3.72. The largest absolute Gasteiger partial charge is 0.496 e. The van der Waals surface area contributed by atoms with Gasteiger partial charge in [-0.25, -0.2) is 5.43 Å². The molecule has 33 heavy (non-hydrogen) atoms. The van der Waals surface area contributed by atoms with Crippen LogP contribution in [0.5, 0.6) is 5.75 Å². The highest BCUT2D eigenvalue weighted by atomic mass is 79.9. The molecule has 168 valence electrons. The quantitative estimate of drug-likeness (QED) is 0.213. The van der Waals surface area contributed by atoms with Gasteiger partial charge in [0.25, 0.3) is 5.91 Å². The first-order valence-electron chi connectivity index (χ1n) is 10.1. The molecule has 5 nitrogen and oxygen atoms in total. The molecule has 0 aliphatic rings. The number of nitrogens with one attached hydrogen (secondary N) is 1. The molecule has 0 fully saturated rings. The summed E-state index contributed by atoms with van der Waals surface area (Å²) in [6.07, 6.45) is 1.67. The van der Waals surface area contributed by atoms with Crippen molar-refractivity contribution in [1.29, 1.82) is 0 Å². The van der Waals surface area contributed by atoms with Gasteiger partial charge in [-0.1, -0.05) is 63.4 Å². The molecule has 0 spiro atoms. The molecule has 1 aromatic heterocycles. The minimum atomic E-state index is -0.362. The van der Waals surface area contributed by atoms with E-state index in [1.807, 2.05) is 43.3 Å². The lowest BCUT2D eigenvalue weighted by Gasteiger charge is -2.10. The maximum absolute atomic E-state index is 12.7. The highest BCUT2D eigenvalue weighted by molar-refractivity contribution is 9.10. The maximum atomic E-state index is 12.7. The second-order valence-electron chi connectivity index (χ2n) is 7.38. The number of methoxy groups -OCH3 is 1. The first-order chi connectivity index (χ1) is 15.9. The van der Waals surface area contributed by atoms with Crippen molar-refractivity contribution in [3.05, 3.63) is 97.6 Å². The van der Waals surface area contributed by atoms with E-state index in [4.69, 9.17) is 27.9 Å². The predicted octanol–water partition coefficient (Wildman–Crippen LogP) is 6.84. The Kier molecular flexibility index (Phi) is 7.08. The van der Waals surface area contributed by atoms with E-state index >= 15 is 0 Å². The van der Waals surface area contributed by atoms with Gasteiger partial charge in [0, 0.05) is 43.2 Å². The Morgan fingerprint density at radius 2 is 1.94 bits per heavy atom. The summed E-state index contributed by atoms with van der Waals surface area (Å²) < 4.78 is 8.23. The van der Waals surface area contributed by atoms with Gasteiger partial charge < -0.3 is 9.30 Å². The lowest BCUT2D eigenvalue weighted by molar-refractivity contribution is 0.0952. The maximum Gasteiger partial charge on any atom is 0.275 e. The van der Waals surface area contributed by atoms with Gasteiger partial charge >= 0.3 is 0 Å². The fraction of sp³-hybridized carbons (Fsp3) is 0.120. The number of ether oxygens (including phenoxy) is 1. The van der Waals surface area contributed by atoms with Crippen LogP contribution in [0.4, 0.5) is 0 Å². The van der Waals surface area contributed by atoms with Crippen LogP contribution >= 0.6 is 39.1 Å². The third-order valence-corrected chi connectivity index (χ3v) is 6.47. The van der Waals surface area contributed by atoms with E-state index in [0.717, 1.165) is 32.2 Å². The van der Waals surface area contributed by atoms with E-state index in [9.17, 15) is 4.79 Å². The summed E-state index contributed by atoms with van der Waals surface area (Å²) in [5.41, 5.74) is 6.91. The number of carbonyl (C=O) groups is 1. The van der Waals surface area contributed by atoms with Crippen LogP contribution in [-0.2, 0) is 6.54 Å². The molecule has 0 saturated heterocycles. The van der Waals surface area contributed by atoms with Crippen molar-refractivity contribution in [2.75, 3.05) is 7.11 Å². The first kappa shape index (κ1) is 23.4. The number of aromatic nitrogens is 1. The number of halogens is 3. The number of hydrazone groups is 1. The molecule has 0 aliphatic heterocycles. The Labute approximate surface area is 210 Å². The first-order valence-corrected chi connectivity index (χ1v) is 11.6. The van der Waals surface area contributed by atoms with E-state index < -0.39 is 0 Å². The zero-order valence-electron chi connectivity index (χ0n) is 17.9. The molecule has 8 heteroatoms.